The highest BCUT2D eigenvalue weighted by molar-refractivity contribution is 7.98. The Morgan fingerprint density at radius 1 is 1.22 bits per heavy atom. The van der Waals surface area contributed by atoms with E-state index in [2.05, 4.69) is 30.4 Å². The first-order chi connectivity index (χ1) is 8.72. The van der Waals surface area contributed by atoms with E-state index in [4.69, 9.17) is 0 Å². The van der Waals surface area contributed by atoms with E-state index < -0.39 is 0 Å². The first-order valence-electron chi connectivity index (χ1n) is 7.61. The standard InChI is InChI=1S/C15H32N2S/c1-4-10-16-13-15(8-6-5-7-9-15)14-17(2)11-12-18-3/h16H,4-14H2,1-3H3. The fourth-order valence-electron chi connectivity index (χ4n) is 3.12. The van der Waals surface area contributed by atoms with Crippen molar-refractivity contribution in [2.24, 2.45) is 5.41 Å². The molecule has 0 heterocycles. The minimum Gasteiger partial charge on any atom is -0.316 e. The summed E-state index contributed by atoms with van der Waals surface area (Å²) in [7, 11) is 2.30. The number of thioether (sulfide) groups is 1. The second-order valence-corrected chi connectivity index (χ2v) is 6.95. The normalized spacial score (nSPS) is 19.3. The smallest absolute Gasteiger partial charge is 0.00694 e. The molecule has 0 spiro atoms. The van der Waals surface area contributed by atoms with Crippen LogP contribution in [-0.4, -0.2) is 50.1 Å². The van der Waals surface area contributed by atoms with E-state index in [1.807, 2.05) is 11.8 Å². The molecule has 0 aromatic carbocycles. The van der Waals surface area contributed by atoms with Gasteiger partial charge >= 0.3 is 0 Å². The summed E-state index contributed by atoms with van der Waals surface area (Å²) in [6, 6.07) is 0. The summed E-state index contributed by atoms with van der Waals surface area (Å²) in [5, 5.41) is 3.68. The van der Waals surface area contributed by atoms with Crippen molar-refractivity contribution in [1.82, 2.24) is 10.2 Å². The predicted molar refractivity (Wildman–Crippen MR) is 84.6 cm³/mol. The van der Waals surface area contributed by atoms with Gasteiger partial charge < -0.3 is 10.2 Å². The number of rotatable bonds is 9. The second kappa shape index (κ2) is 9.22. The quantitative estimate of drug-likeness (QED) is 0.649. The van der Waals surface area contributed by atoms with Gasteiger partial charge in [-0.25, -0.2) is 0 Å². The Bertz CT molecular complexity index is 203. The average Bonchev–Trinajstić information content (AvgIpc) is 2.38. The molecule has 1 aliphatic carbocycles. The molecule has 1 rings (SSSR count). The summed E-state index contributed by atoms with van der Waals surface area (Å²) in [4.78, 5) is 2.55. The van der Waals surface area contributed by atoms with Crippen LogP contribution in [0.1, 0.15) is 45.4 Å². The largest absolute Gasteiger partial charge is 0.316 e. The zero-order valence-corrected chi connectivity index (χ0v) is 13.5. The van der Waals surface area contributed by atoms with Crippen LogP contribution in [0.4, 0.5) is 0 Å². The summed E-state index contributed by atoms with van der Waals surface area (Å²) >= 11 is 1.96. The lowest BCUT2D eigenvalue weighted by molar-refractivity contribution is 0.121. The highest BCUT2D eigenvalue weighted by Crippen LogP contribution is 2.36. The van der Waals surface area contributed by atoms with Gasteiger partial charge in [0.15, 0.2) is 0 Å². The Morgan fingerprint density at radius 2 is 1.94 bits per heavy atom. The van der Waals surface area contributed by atoms with Crippen LogP contribution in [0, 0.1) is 5.41 Å². The Balaban J connectivity index is 2.42. The maximum atomic E-state index is 3.68. The van der Waals surface area contributed by atoms with Crippen LogP contribution in [0.15, 0.2) is 0 Å². The van der Waals surface area contributed by atoms with Gasteiger partial charge in [-0.3, -0.25) is 0 Å². The van der Waals surface area contributed by atoms with E-state index in [0.717, 1.165) is 0 Å². The molecule has 0 saturated heterocycles. The van der Waals surface area contributed by atoms with Crippen molar-refractivity contribution >= 4 is 11.8 Å². The third-order valence-electron chi connectivity index (χ3n) is 4.12. The maximum Gasteiger partial charge on any atom is 0.00694 e. The summed E-state index contributed by atoms with van der Waals surface area (Å²) < 4.78 is 0. The highest BCUT2D eigenvalue weighted by atomic mass is 32.2. The molecular weight excluding hydrogens is 240 g/mol. The van der Waals surface area contributed by atoms with Crippen molar-refractivity contribution in [3.05, 3.63) is 0 Å². The summed E-state index contributed by atoms with van der Waals surface area (Å²) in [6.45, 7) is 7.17. The molecule has 1 saturated carbocycles. The van der Waals surface area contributed by atoms with Crippen LogP contribution >= 0.6 is 11.8 Å². The molecule has 0 atom stereocenters. The van der Waals surface area contributed by atoms with Crippen LogP contribution in [0.25, 0.3) is 0 Å². The summed E-state index contributed by atoms with van der Waals surface area (Å²) in [6.07, 6.45) is 10.6. The Hall–Kier alpha value is 0.270. The number of hydrogen-bond donors (Lipinski definition) is 1. The summed E-state index contributed by atoms with van der Waals surface area (Å²) in [5.74, 6) is 1.26. The lowest BCUT2D eigenvalue weighted by atomic mass is 9.73. The van der Waals surface area contributed by atoms with Crippen LogP contribution in [0.5, 0.6) is 0 Å². The molecule has 0 aromatic rings. The lowest BCUT2D eigenvalue weighted by Gasteiger charge is -2.40. The van der Waals surface area contributed by atoms with Gasteiger partial charge in [-0.05, 0) is 44.5 Å². The number of nitrogens with one attached hydrogen (secondary N) is 1. The van der Waals surface area contributed by atoms with Crippen LogP contribution in [-0.2, 0) is 0 Å². The van der Waals surface area contributed by atoms with Gasteiger partial charge in [-0.1, -0.05) is 26.2 Å². The molecule has 1 fully saturated rings. The zero-order chi connectivity index (χ0) is 13.3. The lowest BCUT2D eigenvalue weighted by Crippen LogP contribution is -2.45. The van der Waals surface area contributed by atoms with E-state index >= 15 is 0 Å². The van der Waals surface area contributed by atoms with Crippen molar-refractivity contribution in [2.75, 3.05) is 45.2 Å². The molecule has 0 aromatic heterocycles. The Morgan fingerprint density at radius 3 is 2.56 bits per heavy atom. The molecule has 2 nitrogen and oxygen atoms in total. The molecule has 1 N–H and O–H groups in total. The topological polar surface area (TPSA) is 15.3 Å². The fourth-order valence-corrected chi connectivity index (χ4v) is 3.62. The van der Waals surface area contributed by atoms with E-state index in [0.29, 0.717) is 5.41 Å². The Kier molecular flexibility index (Phi) is 8.36. The Labute approximate surface area is 118 Å². The third-order valence-corrected chi connectivity index (χ3v) is 4.71. The highest BCUT2D eigenvalue weighted by Gasteiger charge is 2.32. The molecule has 18 heavy (non-hydrogen) atoms. The van der Waals surface area contributed by atoms with Gasteiger partial charge in [0.1, 0.15) is 0 Å². The van der Waals surface area contributed by atoms with Gasteiger partial charge in [0.05, 0.1) is 0 Å². The van der Waals surface area contributed by atoms with Crippen molar-refractivity contribution in [1.29, 1.82) is 0 Å². The van der Waals surface area contributed by atoms with E-state index in [-0.39, 0.29) is 0 Å². The van der Waals surface area contributed by atoms with Crippen molar-refractivity contribution < 1.29 is 0 Å². The molecule has 0 amide bonds. The first kappa shape index (κ1) is 16.3. The molecule has 108 valence electrons. The van der Waals surface area contributed by atoms with Gasteiger partial charge in [0.2, 0.25) is 0 Å². The minimum atomic E-state index is 0.556. The number of nitrogens with zero attached hydrogens (tertiary/aromatic N) is 1. The minimum absolute atomic E-state index is 0.556. The summed E-state index contributed by atoms with van der Waals surface area (Å²) in [5.41, 5.74) is 0.556. The van der Waals surface area contributed by atoms with Gasteiger partial charge in [0.25, 0.3) is 0 Å². The molecule has 3 heteroatoms. The molecule has 1 aliphatic rings. The maximum absolute atomic E-state index is 3.68. The molecule has 0 radical (unpaired) electrons. The zero-order valence-electron chi connectivity index (χ0n) is 12.6. The van der Waals surface area contributed by atoms with Crippen LogP contribution in [0.3, 0.4) is 0 Å². The number of hydrogen-bond acceptors (Lipinski definition) is 3. The monoisotopic (exact) mass is 272 g/mol. The SMILES string of the molecule is CCCNCC1(CN(C)CCSC)CCCCC1. The van der Waals surface area contributed by atoms with E-state index in [1.165, 1.54) is 70.5 Å². The fraction of sp³-hybridized carbons (Fsp3) is 1.00. The van der Waals surface area contributed by atoms with Crippen molar-refractivity contribution in [3.63, 3.8) is 0 Å². The first-order valence-corrected chi connectivity index (χ1v) is 9.00. The third kappa shape index (κ3) is 5.94. The van der Waals surface area contributed by atoms with Gasteiger partial charge in [-0.2, -0.15) is 11.8 Å². The van der Waals surface area contributed by atoms with E-state index in [1.54, 1.807) is 0 Å². The molecule has 0 aliphatic heterocycles. The molecule has 0 unspecified atom stereocenters. The molecule has 0 bridgehead atoms. The van der Waals surface area contributed by atoms with Gasteiger partial charge in [-0.15, -0.1) is 0 Å². The van der Waals surface area contributed by atoms with Crippen LogP contribution in [0.2, 0.25) is 0 Å². The van der Waals surface area contributed by atoms with Crippen LogP contribution < -0.4 is 5.32 Å². The second-order valence-electron chi connectivity index (χ2n) is 5.97. The predicted octanol–water partition coefficient (Wildman–Crippen LogP) is 3.23. The van der Waals surface area contributed by atoms with Crippen molar-refractivity contribution in [3.8, 4) is 0 Å². The van der Waals surface area contributed by atoms with Gasteiger partial charge in [0, 0.05) is 25.4 Å². The average molecular weight is 273 g/mol. The van der Waals surface area contributed by atoms with Crippen molar-refractivity contribution in [2.45, 2.75) is 45.4 Å². The molecular formula is C15H32N2S. The van der Waals surface area contributed by atoms with E-state index in [9.17, 15) is 0 Å².